The van der Waals surface area contributed by atoms with E-state index in [-0.39, 0.29) is 30.7 Å². The first-order chi connectivity index (χ1) is 10.5. The maximum atomic E-state index is 12.8. The van der Waals surface area contributed by atoms with E-state index >= 15 is 0 Å². The normalized spacial score (nSPS) is 19.4. The third kappa shape index (κ3) is 5.35. The first-order valence-corrected chi connectivity index (χ1v) is 8.35. The van der Waals surface area contributed by atoms with Crippen molar-refractivity contribution in [3.8, 4) is 0 Å². The van der Waals surface area contributed by atoms with Crippen LogP contribution in [0.2, 0.25) is 0 Å². The lowest BCUT2D eigenvalue weighted by Gasteiger charge is -2.30. The van der Waals surface area contributed by atoms with E-state index in [2.05, 4.69) is 18.7 Å². The van der Waals surface area contributed by atoms with Gasteiger partial charge in [0.25, 0.3) is 0 Å². The van der Waals surface area contributed by atoms with E-state index in [4.69, 9.17) is 5.73 Å². The maximum absolute atomic E-state index is 12.8. The number of hydrogen-bond donors (Lipinski definition) is 1. The van der Waals surface area contributed by atoms with Crippen molar-refractivity contribution >= 4 is 30.7 Å². The molecule has 0 aromatic heterocycles. The summed E-state index contributed by atoms with van der Waals surface area (Å²) in [5.74, 6) is 0.608. The van der Waals surface area contributed by atoms with Crippen LogP contribution in [0.3, 0.4) is 0 Å². The van der Waals surface area contributed by atoms with Crippen LogP contribution in [-0.2, 0) is 10.3 Å². The average molecular weight is 376 g/mol. The summed E-state index contributed by atoms with van der Waals surface area (Å²) in [5, 5.41) is 0. The van der Waals surface area contributed by atoms with Crippen molar-refractivity contribution in [1.29, 1.82) is 0 Å². The Morgan fingerprint density at radius 2 is 1.83 bits per heavy atom. The van der Waals surface area contributed by atoms with Crippen LogP contribution in [0.1, 0.15) is 32.8 Å². The molecule has 1 aliphatic heterocycles. The molecule has 0 saturated carbocycles. The molecule has 0 bridgehead atoms. The Morgan fingerprint density at radius 3 is 2.38 bits per heavy atom. The van der Waals surface area contributed by atoms with Crippen LogP contribution >= 0.6 is 24.8 Å². The number of rotatable bonds is 6. The van der Waals surface area contributed by atoms with E-state index in [1.807, 2.05) is 42.2 Å². The number of nitrogens with two attached hydrogens (primary N) is 1. The second-order valence-electron chi connectivity index (χ2n) is 6.46. The fourth-order valence-corrected chi connectivity index (χ4v) is 3.25. The third-order valence-corrected chi connectivity index (χ3v) is 4.80. The number of halogens is 2. The summed E-state index contributed by atoms with van der Waals surface area (Å²) in [4.78, 5) is 17.2. The molecule has 138 valence electrons. The quantitative estimate of drug-likeness (QED) is 0.831. The predicted octanol–water partition coefficient (Wildman–Crippen LogP) is 2.89. The SMILES string of the molecule is CCN(CC)CC1CCN(C(=O)C(C)(N)c2ccccc2)C1.Cl.Cl. The molecule has 1 amide bonds. The van der Waals surface area contributed by atoms with E-state index in [9.17, 15) is 4.79 Å². The van der Waals surface area contributed by atoms with Gasteiger partial charge < -0.3 is 15.5 Å². The van der Waals surface area contributed by atoms with Crippen LogP contribution < -0.4 is 5.73 Å². The van der Waals surface area contributed by atoms with Crippen LogP contribution in [0.15, 0.2) is 30.3 Å². The molecule has 0 spiro atoms. The standard InChI is InChI=1S/C18H29N3O.2ClH/c1-4-20(5-2)13-15-11-12-21(14-15)17(22)18(3,19)16-9-7-6-8-10-16;;/h6-10,15H,4-5,11-14,19H2,1-3H3;2*1H. The van der Waals surface area contributed by atoms with Gasteiger partial charge in [-0.1, -0.05) is 44.2 Å². The second kappa shape index (κ2) is 10.2. The zero-order valence-corrected chi connectivity index (χ0v) is 16.5. The molecule has 1 saturated heterocycles. The number of hydrogen-bond acceptors (Lipinski definition) is 3. The number of amides is 1. The monoisotopic (exact) mass is 375 g/mol. The van der Waals surface area contributed by atoms with Gasteiger partial charge in [-0.05, 0) is 37.9 Å². The van der Waals surface area contributed by atoms with Gasteiger partial charge in [-0.3, -0.25) is 4.79 Å². The minimum atomic E-state index is -0.939. The predicted molar refractivity (Wildman–Crippen MR) is 105 cm³/mol. The Kier molecular flexibility index (Phi) is 9.90. The summed E-state index contributed by atoms with van der Waals surface area (Å²) in [6.07, 6.45) is 1.08. The van der Waals surface area contributed by atoms with Crippen molar-refractivity contribution in [2.75, 3.05) is 32.7 Å². The molecule has 2 rings (SSSR count). The molecule has 1 heterocycles. The minimum absolute atomic E-state index is 0. The van der Waals surface area contributed by atoms with Gasteiger partial charge in [0.1, 0.15) is 5.54 Å². The first-order valence-electron chi connectivity index (χ1n) is 8.35. The zero-order valence-electron chi connectivity index (χ0n) is 14.9. The Hall–Kier alpha value is -0.810. The molecule has 1 fully saturated rings. The number of carbonyl (C=O) groups excluding carboxylic acids is 1. The smallest absolute Gasteiger partial charge is 0.246 e. The average Bonchev–Trinajstić information content (AvgIpc) is 3.01. The van der Waals surface area contributed by atoms with Crippen LogP contribution in [0.4, 0.5) is 0 Å². The highest BCUT2D eigenvalue weighted by Gasteiger charge is 2.37. The van der Waals surface area contributed by atoms with Gasteiger partial charge in [-0.2, -0.15) is 0 Å². The van der Waals surface area contributed by atoms with Crippen LogP contribution in [0, 0.1) is 5.92 Å². The summed E-state index contributed by atoms with van der Waals surface area (Å²) in [7, 11) is 0. The second-order valence-corrected chi connectivity index (χ2v) is 6.46. The molecule has 1 aromatic carbocycles. The van der Waals surface area contributed by atoms with Crippen molar-refractivity contribution in [3.05, 3.63) is 35.9 Å². The first kappa shape index (κ1) is 23.2. The molecule has 6 heteroatoms. The van der Waals surface area contributed by atoms with Gasteiger partial charge in [-0.25, -0.2) is 0 Å². The molecule has 0 radical (unpaired) electrons. The molecule has 2 atom stereocenters. The highest BCUT2D eigenvalue weighted by atomic mass is 35.5. The Balaban J connectivity index is 0.00000264. The molecule has 2 N–H and O–H groups in total. The molecule has 1 aliphatic rings. The van der Waals surface area contributed by atoms with E-state index < -0.39 is 5.54 Å². The fraction of sp³-hybridized carbons (Fsp3) is 0.611. The summed E-state index contributed by atoms with van der Waals surface area (Å²) in [6.45, 7) is 11.1. The summed E-state index contributed by atoms with van der Waals surface area (Å²) in [6, 6.07) is 9.67. The largest absolute Gasteiger partial charge is 0.340 e. The van der Waals surface area contributed by atoms with Crippen LogP contribution in [0.25, 0.3) is 0 Å². The molecule has 2 unspecified atom stereocenters. The van der Waals surface area contributed by atoms with Crippen LogP contribution in [-0.4, -0.2) is 48.4 Å². The van der Waals surface area contributed by atoms with E-state index in [1.54, 1.807) is 0 Å². The minimum Gasteiger partial charge on any atom is -0.340 e. The van der Waals surface area contributed by atoms with Crippen molar-refractivity contribution in [3.63, 3.8) is 0 Å². The molecular weight excluding hydrogens is 345 g/mol. The van der Waals surface area contributed by atoms with E-state index in [1.165, 1.54) is 0 Å². The maximum Gasteiger partial charge on any atom is 0.246 e. The van der Waals surface area contributed by atoms with E-state index in [0.717, 1.165) is 44.7 Å². The van der Waals surface area contributed by atoms with Crippen molar-refractivity contribution in [2.24, 2.45) is 11.7 Å². The lowest BCUT2D eigenvalue weighted by atomic mass is 9.92. The lowest BCUT2D eigenvalue weighted by Crippen LogP contribution is -2.50. The molecule has 0 aliphatic carbocycles. The van der Waals surface area contributed by atoms with Crippen molar-refractivity contribution in [1.82, 2.24) is 9.80 Å². The fourth-order valence-electron chi connectivity index (χ4n) is 3.25. The molecule has 24 heavy (non-hydrogen) atoms. The molecular formula is C18H31Cl2N3O. The Labute approximate surface area is 158 Å². The Bertz CT molecular complexity index is 492. The summed E-state index contributed by atoms with van der Waals surface area (Å²) in [5.41, 5.74) is 6.30. The molecule has 4 nitrogen and oxygen atoms in total. The van der Waals surface area contributed by atoms with Gasteiger partial charge >= 0.3 is 0 Å². The summed E-state index contributed by atoms with van der Waals surface area (Å²) < 4.78 is 0. The number of benzene rings is 1. The van der Waals surface area contributed by atoms with Gasteiger partial charge in [0.2, 0.25) is 5.91 Å². The molecule has 1 aromatic rings. The topological polar surface area (TPSA) is 49.6 Å². The number of carbonyl (C=O) groups is 1. The van der Waals surface area contributed by atoms with Crippen molar-refractivity contribution in [2.45, 2.75) is 32.7 Å². The highest BCUT2D eigenvalue weighted by Crippen LogP contribution is 2.25. The Morgan fingerprint density at radius 1 is 1.25 bits per heavy atom. The third-order valence-electron chi connectivity index (χ3n) is 4.80. The number of likely N-dealkylation sites (tertiary alicyclic amines) is 1. The van der Waals surface area contributed by atoms with Gasteiger partial charge in [0, 0.05) is 19.6 Å². The van der Waals surface area contributed by atoms with Crippen molar-refractivity contribution < 1.29 is 4.79 Å². The zero-order chi connectivity index (χ0) is 16.2. The number of nitrogens with zero attached hydrogens (tertiary/aromatic N) is 2. The van der Waals surface area contributed by atoms with E-state index in [0.29, 0.717) is 5.92 Å². The lowest BCUT2D eigenvalue weighted by molar-refractivity contribution is -0.135. The summed E-state index contributed by atoms with van der Waals surface area (Å²) >= 11 is 0. The van der Waals surface area contributed by atoms with Crippen LogP contribution in [0.5, 0.6) is 0 Å². The van der Waals surface area contributed by atoms with Gasteiger partial charge in [-0.15, -0.1) is 24.8 Å². The van der Waals surface area contributed by atoms with Gasteiger partial charge in [0.05, 0.1) is 0 Å². The van der Waals surface area contributed by atoms with Gasteiger partial charge in [0.15, 0.2) is 0 Å². The highest BCUT2D eigenvalue weighted by molar-refractivity contribution is 5.87.